The first-order chi connectivity index (χ1) is 9.02. The van der Waals surface area contributed by atoms with E-state index < -0.39 is 11.9 Å². The summed E-state index contributed by atoms with van der Waals surface area (Å²) in [6.07, 6.45) is 3.24. The Morgan fingerprint density at radius 1 is 1.16 bits per heavy atom. The van der Waals surface area contributed by atoms with E-state index in [-0.39, 0.29) is 24.7 Å². The Hall–Kier alpha value is -1.59. The number of hydrogen-bond donors (Lipinski definition) is 2. The Morgan fingerprint density at radius 2 is 1.79 bits per heavy atom. The summed E-state index contributed by atoms with van der Waals surface area (Å²) in [6.45, 7) is 0.562. The van der Waals surface area contributed by atoms with Crippen LogP contribution in [-0.4, -0.2) is 36.6 Å². The second kappa shape index (κ2) is 7.76. The Bertz CT molecular complexity index is 334. The van der Waals surface area contributed by atoms with Gasteiger partial charge in [0.25, 0.3) is 0 Å². The summed E-state index contributed by atoms with van der Waals surface area (Å²) in [6, 6.07) is 0. The number of carboxylic acids is 1. The van der Waals surface area contributed by atoms with Crippen LogP contribution in [0.5, 0.6) is 0 Å². The molecule has 6 heteroatoms. The van der Waals surface area contributed by atoms with Crippen LogP contribution in [0.15, 0.2) is 0 Å². The van der Waals surface area contributed by atoms with Crippen LogP contribution in [0.4, 0.5) is 0 Å². The van der Waals surface area contributed by atoms with Gasteiger partial charge in [-0.2, -0.15) is 0 Å². The smallest absolute Gasteiger partial charge is 0.306 e. The van der Waals surface area contributed by atoms with Gasteiger partial charge in [-0.1, -0.05) is 0 Å². The van der Waals surface area contributed by atoms with Gasteiger partial charge in [0, 0.05) is 13.0 Å². The molecule has 1 rings (SSSR count). The van der Waals surface area contributed by atoms with Crippen molar-refractivity contribution in [1.29, 1.82) is 0 Å². The molecule has 0 atom stereocenters. The second-order valence-electron chi connectivity index (χ2n) is 4.94. The van der Waals surface area contributed by atoms with Crippen molar-refractivity contribution in [1.82, 2.24) is 5.32 Å². The molecule has 19 heavy (non-hydrogen) atoms. The Labute approximate surface area is 112 Å². The number of aliphatic carboxylic acids is 1. The van der Waals surface area contributed by atoms with Gasteiger partial charge in [-0.3, -0.25) is 14.4 Å². The number of hydrogen-bond acceptors (Lipinski definition) is 4. The summed E-state index contributed by atoms with van der Waals surface area (Å²) in [5.74, 6) is -1.16. The minimum absolute atomic E-state index is 0.0914. The molecule has 1 aliphatic rings. The predicted molar refractivity (Wildman–Crippen MR) is 67.3 cm³/mol. The van der Waals surface area contributed by atoms with E-state index in [1.807, 2.05) is 0 Å². The Balaban J connectivity index is 2.15. The van der Waals surface area contributed by atoms with E-state index in [9.17, 15) is 14.4 Å². The fraction of sp³-hybridized carbons (Fsp3) is 0.769. The van der Waals surface area contributed by atoms with Crippen molar-refractivity contribution in [2.45, 2.75) is 38.5 Å². The van der Waals surface area contributed by atoms with Gasteiger partial charge in [-0.25, -0.2) is 0 Å². The molecule has 2 N–H and O–H groups in total. The van der Waals surface area contributed by atoms with Gasteiger partial charge in [0.1, 0.15) is 0 Å². The zero-order valence-electron chi connectivity index (χ0n) is 11.2. The molecule has 1 fully saturated rings. The lowest BCUT2D eigenvalue weighted by atomic mass is 9.82. The highest BCUT2D eigenvalue weighted by molar-refractivity contribution is 5.81. The van der Waals surface area contributed by atoms with Gasteiger partial charge >= 0.3 is 11.9 Å². The maximum Gasteiger partial charge on any atom is 0.306 e. The number of carbonyl (C=O) groups excluding carboxylic acids is 2. The van der Waals surface area contributed by atoms with E-state index in [2.05, 4.69) is 10.1 Å². The van der Waals surface area contributed by atoms with Crippen molar-refractivity contribution >= 4 is 17.8 Å². The van der Waals surface area contributed by atoms with Crippen molar-refractivity contribution in [3.05, 3.63) is 0 Å². The monoisotopic (exact) mass is 271 g/mol. The number of carboxylic acid groups (broad SMARTS) is 1. The zero-order valence-corrected chi connectivity index (χ0v) is 11.2. The van der Waals surface area contributed by atoms with Gasteiger partial charge < -0.3 is 15.2 Å². The van der Waals surface area contributed by atoms with Crippen LogP contribution in [-0.2, 0) is 19.1 Å². The number of ether oxygens (including phenoxy) is 1. The molecular weight excluding hydrogens is 250 g/mol. The molecule has 0 bridgehead atoms. The van der Waals surface area contributed by atoms with Crippen LogP contribution in [0, 0.1) is 11.8 Å². The third kappa shape index (κ3) is 5.72. The third-order valence-electron chi connectivity index (χ3n) is 3.57. The summed E-state index contributed by atoms with van der Waals surface area (Å²) in [4.78, 5) is 33.1. The molecule has 0 spiro atoms. The molecule has 0 heterocycles. The first-order valence-corrected chi connectivity index (χ1v) is 6.59. The van der Waals surface area contributed by atoms with Crippen LogP contribution < -0.4 is 5.32 Å². The molecule has 0 aromatic heterocycles. The lowest BCUT2D eigenvalue weighted by Gasteiger charge is -2.26. The zero-order chi connectivity index (χ0) is 14.3. The number of nitrogens with one attached hydrogen (secondary N) is 1. The highest BCUT2D eigenvalue weighted by atomic mass is 16.5. The summed E-state index contributed by atoms with van der Waals surface area (Å²) >= 11 is 0. The average Bonchev–Trinajstić information content (AvgIpc) is 2.42. The highest BCUT2D eigenvalue weighted by Crippen LogP contribution is 2.28. The number of methoxy groups -OCH3 is 1. The van der Waals surface area contributed by atoms with Crippen molar-refractivity contribution < 1.29 is 24.2 Å². The summed E-state index contributed by atoms with van der Waals surface area (Å²) in [5.41, 5.74) is 0. The highest BCUT2D eigenvalue weighted by Gasteiger charge is 2.25. The first-order valence-electron chi connectivity index (χ1n) is 6.59. The molecule has 1 amide bonds. The van der Waals surface area contributed by atoms with E-state index in [0.717, 1.165) is 12.8 Å². The number of amides is 1. The van der Waals surface area contributed by atoms with Gasteiger partial charge in [-0.05, 0) is 31.6 Å². The van der Waals surface area contributed by atoms with E-state index in [1.165, 1.54) is 7.11 Å². The van der Waals surface area contributed by atoms with E-state index in [0.29, 0.717) is 25.3 Å². The maximum atomic E-state index is 11.5. The van der Waals surface area contributed by atoms with Gasteiger partial charge in [0.05, 0.1) is 19.4 Å². The van der Waals surface area contributed by atoms with Crippen molar-refractivity contribution in [2.75, 3.05) is 13.7 Å². The average molecular weight is 271 g/mol. The first kappa shape index (κ1) is 15.5. The fourth-order valence-electron chi connectivity index (χ4n) is 2.28. The van der Waals surface area contributed by atoms with Crippen LogP contribution in [0.2, 0.25) is 0 Å². The molecule has 1 saturated carbocycles. The van der Waals surface area contributed by atoms with Crippen LogP contribution in [0.1, 0.15) is 38.5 Å². The molecule has 6 nitrogen and oxygen atoms in total. The number of esters is 1. The molecule has 0 radical (unpaired) electrons. The Morgan fingerprint density at radius 3 is 2.32 bits per heavy atom. The molecule has 1 aliphatic carbocycles. The summed E-state index contributed by atoms with van der Waals surface area (Å²) < 4.78 is 4.45. The summed E-state index contributed by atoms with van der Waals surface area (Å²) in [5, 5.41) is 11.7. The van der Waals surface area contributed by atoms with E-state index in [1.54, 1.807) is 0 Å². The van der Waals surface area contributed by atoms with E-state index >= 15 is 0 Å². The number of rotatable bonds is 6. The van der Waals surface area contributed by atoms with Crippen LogP contribution in [0.25, 0.3) is 0 Å². The molecule has 108 valence electrons. The molecule has 0 saturated heterocycles. The standard InChI is InChI=1S/C13H21NO5/c1-19-12(16)7-6-11(15)14-8-9-2-4-10(5-3-9)13(17)18/h9-10H,2-8H2,1H3,(H,14,15)(H,17,18). The third-order valence-corrected chi connectivity index (χ3v) is 3.57. The summed E-state index contributed by atoms with van der Waals surface area (Å²) in [7, 11) is 1.29. The molecule has 0 aromatic rings. The molecule has 0 aromatic carbocycles. The lowest BCUT2D eigenvalue weighted by Crippen LogP contribution is -2.32. The lowest BCUT2D eigenvalue weighted by molar-refractivity contribution is -0.143. The topological polar surface area (TPSA) is 92.7 Å². The minimum atomic E-state index is -0.722. The van der Waals surface area contributed by atoms with Crippen LogP contribution in [0.3, 0.4) is 0 Å². The number of carbonyl (C=O) groups is 3. The minimum Gasteiger partial charge on any atom is -0.481 e. The fourth-order valence-corrected chi connectivity index (χ4v) is 2.28. The quantitative estimate of drug-likeness (QED) is 0.701. The maximum absolute atomic E-state index is 11.5. The molecular formula is C13H21NO5. The second-order valence-corrected chi connectivity index (χ2v) is 4.94. The largest absolute Gasteiger partial charge is 0.481 e. The normalized spacial score (nSPS) is 22.6. The van der Waals surface area contributed by atoms with Crippen molar-refractivity contribution in [3.8, 4) is 0 Å². The van der Waals surface area contributed by atoms with Crippen molar-refractivity contribution in [2.24, 2.45) is 11.8 Å². The van der Waals surface area contributed by atoms with Crippen molar-refractivity contribution in [3.63, 3.8) is 0 Å². The Kier molecular flexibility index (Phi) is 6.32. The predicted octanol–water partition coefficient (Wildman–Crippen LogP) is 0.947. The van der Waals surface area contributed by atoms with Gasteiger partial charge in [0.2, 0.25) is 5.91 Å². The molecule has 0 aliphatic heterocycles. The van der Waals surface area contributed by atoms with Gasteiger partial charge in [-0.15, -0.1) is 0 Å². The molecule has 0 unspecified atom stereocenters. The SMILES string of the molecule is COC(=O)CCC(=O)NCC1CCC(C(=O)O)CC1. The van der Waals surface area contributed by atoms with Gasteiger partial charge in [0.15, 0.2) is 0 Å². The van der Waals surface area contributed by atoms with Crippen LogP contribution >= 0.6 is 0 Å². The van der Waals surface area contributed by atoms with E-state index in [4.69, 9.17) is 5.11 Å².